The van der Waals surface area contributed by atoms with Gasteiger partial charge >= 0.3 is 0 Å². The summed E-state index contributed by atoms with van der Waals surface area (Å²) in [7, 11) is -3.59. The van der Waals surface area contributed by atoms with Crippen molar-refractivity contribution in [1.29, 1.82) is 0 Å². The van der Waals surface area contributed by atoms with Gasteiger partial charge in [-0.15, -0.1) is 0 Å². The van der Waals surface area contributed by atoms with Crippen molar-refractivity contribution in [3.05, 3.63) is 59.7 Å². The first-order chi connectivity index (χ1) is 12.7. The Kier molecular flexibility index (Phi) is 5.36. The van der Waals surface area contributed by atoms with Crippen LogP contribution < -0.4 is 0 Å². The van der Waals surface area contributed by atoms with Crippen LogP contribution in [0, 0.1) is 18.3 Å². The third-order valence-corrected chi connectivity index (χ3v) is 7.13. The van der Waals surface area contributed by atoms with Crippen molar-refractivity contribution in [2.24, 2.45) is 5.92 Å². The van der Waals surface area contributed by atoms with Crippen molar-refractivity contribution in [1.82, 2.24) is 0 Å². The number of aliphatic hydroxyl groups is 1. The molecule has 0 atom stereocenters. The van der Waals surface area contributed by atoms with Crippen molar-refractivity contribution in [3.8, 4) is 11.1 Å². The zero-order chi connectivity index (χ0) is 19.7. The van der Waals surface area contributed by atoms with E-state index in [0.717, 1.165) is 6.07 Å². The molecule has 0 spiro atoms. The molecule has 0 saturated heterocycles. The Morgan fingerprint density at radius 1 is 1.19 bits per heavy atom. The number of hydrogen-bond acceptors (Lipinski definition) is 3. The molecule has 0 radical (unpaired) electrons. The van der Waals surface area contributed by atoms with Crippen LogP contribution in [-0.2, 0) is 9.84 Å². The SMILES string of the molecule is [C-]#[N+]c1ccc(-c2ccc(S(=O)(=O)CC3CCC(C)(O)CC3)cc2F)cc1. The van der Waals surface area contributed by atoms with Crippen LogP contribution in [0.3, 0.4) is 0 Å². The van der Waals surface area contributed by atoms with E-state index in [9.17, 15) is 17.9 Å². The molecule has 1 aliphatic rings. The van der Waals surface area contributed by atoms with Crippen molar-refractivity contribution < 1.29 is 17.9 Å². The number of halogens is 1. The average molecular weight is 387 g/mol. The van der Waals surface area contributed by atoms with Gasteiger partial charge in [0.1, 0.15) is 5.82 Å². The van der Waals surface area contributed by atoms with Gasteiger partial charge in [0, 0.05) is 5.56 Å². The first kappa shape index (κ1) is 19.5. The molecular formula is C21H22FNO3S. The molecule has 0 bridgehead atoms. The maximum atomic E-state index is 14.6. The normalized spacial score (nSPS) is 23.0. The fraction of sp³-hybridized carbons (Fsp3) is 0.381. The highest BCUT2D eigenvalue weighted by atomic mass is 32.2. The van der Waals surface area contributed by atoms with Gasteiger partial charge in [0.05, 0.1) is 22.8 Å². The summed E-state index contributed by atoms with van der Waals surface area (Å²) in [5.74, 6) is -0.640. The van der Waals surface area contributed by atoms with Crippen LogP contribution in [0.15, 0.2) is 47.4 Å². The van der Waals surface area contributed by atoms with Crippen molar-refractivity contribution >= 4 is 15.5 Å². The maximum Gasteiger partial charge on any atom is 0.187 e. The van der Waals surface area contributed by atoms with Crippen LogP contribution in [0.5, 0.6) is 0 Å². The van der Waals surface area contributed by atoms with Crippen LogP contribution in [0.2, 0.25) is 0 Å². The van der Waals surface area contributed by atoms with Gasteiger partial charge in [0.15, 0.2) is 15.5 Å². The molecule has 1 saturated carbocycles. The van der Waals surface area contributed by atoms with Crippen LogP contribution in [0.1, 0.15) is 32.6 Å². The molecule has 27 heavy (non-hydrogen) atoms. The minimum Gasteiger partial charge on any atom is -0.390 e. The third-order valence-electron chi connectivity index (χ3n) is 5.24. The molecule has 3 rings (SSSR count). The minimum atomic E-state index is -3.59. The van der Waals surface area contributed by atoms with Crippen molar-refractivity contribution in [3.63, 3.8) is 0 Å². The summed E-state index contributed by atoms with van der Waals surface area (Å²) in [6.07, 6.45) is 2.47. The highest BCUT2D eigenvalue weighted by Crippen LogP contribution is 2.34. The number of sulfone groups is 1. The Hall–Kier alpha value is -2.23. The molecule has 6 heteroatoms. The zero-order valence-corrected chi connectivity index (χ0v) is 16.0. The molecule has 0 amide bonds. The highest BCUT2D eigenvalue weighted by Gasteiger charge is 2.31. The van der Waals surface area contributed by atoms with Gasteiger partial charge in [-0.25, -0.2) is 17.7 Å². The summed E-state index contributed by atoms with van der Waals surface area (Å²) in [4.78, 5) is 3.28. The van der Waals surface area contributed by atoms with Crippen LogP contribution in [0.4, 0.5) is 10.1 Å². The fourth-order valence-electron chi connectivity index (χ4n) is 3.51. The van der Waals surface area contributed by atoms with E-state index in [2.05, 4.69) is 4.85 Å². The molecule has 2 aromatic rings. The molecule has 0 heterocycles. The largest absolute Gasteiger partial charge is 0.390 e. The second-order valence-electron chi connectivity index (χ2n) is 7.52. The maximum absolute atomic E-state index is 14.6. The molecule has 1 aliphatic carbocycles. The third kappa shape index (κ3) is 4.55. The predicted molar refractivity (Wildman–Crippen MR) is 103 cm³/mol. The van der Waals surface area contributed by atoms with Gasteiger partial charge in [0.2, 0.25) is 0 Å². The van der Waals surface area contributed by atoms with Crippen LogP contribution in [-0.4, -0.2) is 24.9 Å². The number of hydrogen-bond donors (Lipinski definition) is 1. The van der Waals surface area contributed by atoms with Gasteiger partial charge < -0.3 is 5.11 Å². The summed E-state index contributed by atoms with van der Waals surface area (Å²) >= 11 is 0. The summed E-state index contributed by atoms with van der Waals surface area (Å²) in [6, 6.07) is 10.5. The van der Waals surface area contributed by atoms with E-state index in [4.69, 9.17) is 6.57 Å². The lowest BCUT2D eigenvalue weighted by Gasteiger charge is -2.32. The summed E-state index contributed by atoms with van der Waals surface area (Å²) in [6.45, 7) is 8.73. The molecule has 142 valence electrons. The number of rotatable bonds is 4. The topological polar surface area (TPSA) is 58.7 Å². The number of benzene rings is 2. The van der Waals surface area contributed by atoms with E-state index in [-0.39, 0.29) is 16.6 Å². The summed E-state index contributed by atoms with van der Waals surface area (Å²) < 4.78 is 39.9. The summed E-state index contributed by atoms with van der Waals surface area (Å²) in [5.41, 5.74) is 0.652. The molecule has 1 N–H and O–H groups in total. The van der Waals surface area contributed by atoms with Gasteiger partial charge in [0.25, 0.3) is 0 Å². The Labute approximate surface area is 159 Å². The Morgan fingerprint density at radius 3 is 2.37 bits per heavy atom. The first-order valence-corrected chi connectivity index (χ1v) is 10.6. The van der Waals surface area contributed by atoms with Crippen LogP contribution in [0.25, 0.3) is 16.0 Å². The van der Waals surface area contributed by atoms with E-state index < -0.39 is 21.3 Å². The van der Waals surface area contributed by atoms with E-state index in [0.29, 0.717) is 42.5 Å². The second kappa shape index (κ2) is 7.41. The Balaban J connectivity index is 1.78. The quantitative estimate of drug-likeness (QED) is 0.770. The van der Waals surface area contributed by atoms with Crippen molar-refractivity contribution in [2.75, 3.05) is 5.75 Å². The molecule has 0 unspecified atom stereocenters. The standard InChI is InChI=1S/C21H22FNO3S/c1-21(24)11-9-15(10-12-21)14-27(25,26)18-7-8-19(20(22)13-18)16-3-5-17(23-2)6-4-16/h3-8,13,15,24H,9-12,14H2,1H3. The molecule has 1 fully saturated rings. The highest BCUT2D eigenvalue weighted by molar-refractivity contribution is 7.91. The van der Waals surface area contributed by atoms with Gasteiger partial charge in [-0.3, -0.25) is 0 Å². The van der Waals surface area contributed by atoms with Gasteiger partial charge in [-0.1, -0.05) is 30.3 Å². The molecular weight excluding hydrogens is 365 g/mol. The van der Waals surface area contributed by atoms with E-state index in [1.54, 1.807) is 31.2 Å². The number of nitrogens with zero attached hydrogens (tertiary/aromatic N) is 1. The molecule has 2 aromatic carbocycles. The minimum absolute atomic E-state index is 0.0147. The smallest absolute Gasteiger partial charge is 0.187 e. The van der Waals surface area contributed by atoms with Crippen LogP contribution >= 0.6 is 0 Å². The summed E-state index contributed by atoms with van der Waals surface area (Å²) in [5, 5.41) is 10.0. The van der Waals surface area contributed by atoms with E-state index in [1.807, 2.05) is 0 Å². The average Bonchev–Trinajstić information content (AvgIpc) is 2.63. The lowest BCUT2D eigenvalue weighted by Crippen LogP contribution is -2.32. The lowest BCUT2D eigenvalue weighted by molar-refractivity contribution is 0.0108. The fourth-order valence-corrected chi connectivity index (χ4v) is 5.22. The Bertz CT molecular complexity index is 965. The van der Waals surface area contributed by atoms with Gasteiger partial charge in [-0.05, 0) is 56.2 Å². The van der Waals surface area contributed by atoms with Gasteiger partial charge in [-0.2, -0.15) is 0 Å². The van der Waals surface area contributed by atoms with Crippen molar-refractivity contribution in [2.45, 2.75) is 43.1 Å². The Morgan fingerprint density at radius 2 is 1.81 bits per heavy atom. The molecule has 4 nitrogen and oxygen atoms in total. The predicted octanol–water partition coefficient (Wildman–Crippen LogP) is 4.76. The second-order valence-corrected chi connectivity index (χ2v) is 9.56. The van der Waals surface area contributed by atoms with E-state index in [1.165, 1.54) is 12.1 Å². The van der Waals surface area contributed by atoms with E-state index >= 15 is 0 Å². The lowest BCUT2D eigenvalue weighted by atomic mass is 9.81. The molecule has 0 aromatic heterocycles. The monoisotopic (exact) mass is 387 g/mol. The first-order valence-electron chi connectivity index (χ1n) is 8.93. The zero-order valence-electron chi connectivity index (χ0n) is 15.2. The molecule has 0 aliphatic heterocycles.